The number of fused-ring (bicyclic) bond motifs is 4. The summed E-state index contributed by atoms with van der Waals surface area (Å²) in [4.78, 5) is 16.2. The van der Waals surface area contributed by atoms with E-state index in [1.807, 2.05) is 24.3 Å². The summed E-state index contributed by atoms with van der Waals surface area (Å²) in [6.07, 6.45) is 4.82. The second kappa shape index (κ2) is 4.49. The van der Waals surface area contributed by atoms with Crippen molar-refractivity contribution in [1.29, 1.82) is 5.26 Å². The number of imidazole rings is 1. The van der Waals surface area contributed by atoms with E-state index in [-0.39, 0.29) is 5.56 Å². The van der Waals surface area contributed by atoms with Crippen LogP contribution in [0.3, 0.4) is 0 Å². The number of aromatic nitrogens is 2. The lowest BCUT2D eigenvalue weighted by atomic mass is 10.00. The molecule has 2 heterocycles. The van der Waals surface area contributed by atoms with Crippen LogP contribution in [0.25, 0.3) is 16.7 Å². The highest BCUT2D eigenvalue weighted by Gasteiger charge is 2.21. The first-order valence-corrected chi connectivity index (χ1v) is 7.38. The first kappa shape index (κ1) is 12.2. The highest BCUT2D eigenvalue weighted by atomic mass is 16.1. The summed E-state index contributed by atoms with van der Waals surface area (Å²) < 4.78 is 1.68. The van der Waals surface area contributed by atoms with Crippen molar-refractivity contribution in [2.45, 2.75) is 32.1 Å². The van der Waals surface area contributed by atoms with Crippen molar-refractivity contribution in [2.75, 3.05) is 0 Å². The normalized spacial score (nSPS) is 14.8. The summed E-state index contributed by atoms with van der Waals surface area (Å²) in [6, 6.07) is 10.0. The minimum atomic E-state index is 0.0401. The molecule has 0 bridgehead atoms. The lowest BCUT2D eigenvalue weighted by Gasteiger charge is -2.09. The van der Waals surface area contributed by atoms with Crippen molar-refractivity contribution in [3.05, 3.63) is 51.3 Å². The molecule has 4 heteroatoms. The van der Waals surface area contributed by atoms with Gasteiger partial charge in [-0.2, -0.15) is 5.26 Å². The molecule has 1 aliphatic carbocycles. The van der Waals surface area contributed by atoms with Crippen LogP contribution >= 0.6 is 0 Å². The summed E-state index contributed by atoms with van der Waals surface area (Å²) >= 11 is 0. The van der Waals surface area contributed by atoms with Crippen LogP contribution in [0.2, 0.25) is 0 Å². The van der Waals surface area contributed by atoms with Gasteiger partial charge in [0.25, 0.3) is 5.56 Å². The topological polar surface area (TPSA) is 61.1 Å². The van der Waals surface area contributed by atoms with E-state index in [1.54, 1.807) is 4.40 Å². The molecule has 0 spiro atoms. The van der Waals surface area contributed by atoms with Crippen molar-refractivity contribution in [3.8, 4) is 6.07 Å². The fourth-order valence-corrected chi connectivity index (χ4v) is 3.46. The number of hydrogen-bond donors (Lipinski definition) is 1. The van der Waals surface area contributed by atoms with E-state index < -0.39 is 0 Å². The van der Waals surface area contributed by atoms with E-state index in [1.165, 1.54) is 0 Å². The Bertz CT molecular complexity index is 956. The van der Waals surface area contributed by atoms with Crippen LogP contribution in [0.15, 0.2) is 29.1 Å². The number of nitriles is 1. The largest absolute Gasteiger partial charge is 0.338 e. The Hall–Kier alpha value is -2.54. The molecule has 104 valence electrons. The number of benzene rings is 1. The highest BCUT2D eigenvalue weighted by molar-refractivity contribution is 5.83. The molecule has 4 rings (SSSR count). The van der Waals surface area contributed by atoms with Crippen molar-refractivity contribution >= 4 is 16.7 Å². The molecule has 1 aromatic carbocycles. The molecular formula is C17H15N3O. The minimum Gasteiger partial charge on any atom is -0.338 e. The van der Waals surface area contributed by atoms with E-state index in [2.05, 4.69) is 11.1 Å². The van der Waals surface area contributed by atoms with Crippen LogP contribution in [0.1, 0.15) is 36.0 Å². The van der Waals surface area contributed by atoms with Gasteiger partial charge in [-0.15, -0.1) is 0 Å². The summed E-state index contributed by atoms with van der Waals surface area (Å²) in [6.45, 7) is 0. The van der Waals surface area contributed by atoms with Gasteiger partial charge < -0.3 is 4.98 Å². The zero-order chi connectivity index (χ0) is 14.4. The average Bonchev–Trinajstić information content (AvgIpc) is 2.71. The monoisotopic (exact) mass is 277 g/mol. The predicted molar refractivity (Wildman–Crippen MR) is 81.5 cm³/mol. The number of H-pyrrole nitrogens is 1. The Morgan fingerprint density at radius 1 is 1.10 bits per heavy atom. The lowest BCUT2D eigenvalue weighted by Crippen LogP contribution is -2.21. The fourth-order valence-electron chi connectivity index (χ4n) is 3.46. The number of nitrogens with one attached hydrogen (secondary N) is 1. The van der Waals surface area contributed by atoms with E-state index in [0.29, 0.717) is 11.2 Å². The SMILES string of the molecule is N#Cc1c2c(c(=O)n3c1[nH]c1ccccc13)CCCCC2. The third-order valence-corrected chi connectivity index (χ3v) is 4.45. The summed E-state index contributed by atoms with van der Waals surface area (Å²) in [7, 11) is 0. The van der Waals surface area contributed by atoms with Gasteiger partial charge in [0.05, 0.1) is 16.6 Å². The van der Waals surface area contributed by atoms with Crippen molar-refractivity contribution in [3.63, 3.8) is 0 Å². The van der Waals surface area contributed by atoms with Gasteiger partial charge in [0.1, 0.15) is 11.7 Å². The van der Waals surface area contributed by atoms with Gasteiger partial charge in [-0.05, 0) is 43.4 Å². The molecule has 2 aromatic heterocycles. The maximum absolute atomic E-state index is 12.9. The number of aromatic amines is 1. The molecule has 1 aliphatic rings. The van der Waals surface area contributed by atoms with E-state index in [4.69, 9.17) is 0 Å². The standard InChI is InChI=1S/C17H15N3O/c18-10-13-11-6-2-1-3-7-12(11)17(21)20-15-9-5-4-8-14(15)19-16(13)20/h4-5,8-9,19H,1-3,6-7H2. The number of hydrogen-bond acceptors (Lipinski definition) is 2. The molecule has 4 nitrogen and oxygen atoms in total. The van der Waals surface area contributed by atoms with E-state index >= 15 is 0 Å². The Kier molecular flexibility index (Phi) is 2.61. The molecular weight excluding hydrogens is 262 g/mol. The molecule has 0 aliphatic heterocycles. The summed E-state index contributed by atoms with van der Waals surface area (Å²) in [5.41, 5.74) is 4.87. The van der Waals surface area contributed by atoms with Crippen LogP contribution in [-0.2, 0) is 12.8 Å². The average molecular weight is 277 g/mol. The van der Waals surface area contributed by atoms with E-state index in [0.717, 1.165) is 54.3 Å². The third kappa shape index (κ3) is 1.64. The quantitative estimate of drug-likeness (QED) is 0.642. The molecule has 0 saturated carbocycles. The van der Waals surface area contributed by atoms with Crippen molar-refractivity contribution < 1.29 is 0 Å². The lowest BCUT2D eigenvalue weighted by molar-refractivity contribution is 0.710. The second-order valence-corrected chi connectivity index (χ2v) is 5.64. The second-order valence-electron chi connectivity index (χ2n) is 5.64. The number of rotatable bonds is 0. The third-order valence-electron chi connectivity index (χ3n) is 4.45. The van der Waals surface area contributed by atoms with Crippen LogP contribution < -0.4 is 5.56 Å². The van der Waals surface area contributed by atoms with E-state index in [9.17, 15) is 10.1 Å². The van der Waals surface area contributed by atoms with Crippen molar-refractivity contribution in [1.82, 2.24) is 9.38 Å². The van der Waals surface area contributed by atoms with Crippen LogP contribution in [0.4, 0.5) is 0 Å². The summed E-state index contributed by atoms with van der Waals surface area (Å²) in [5.74, 6) is 0. The van der Waals surface area contributed by atoms with Crippen LogP contribution in [-0.4, -0.2) is 9.38 Å². The van der Waals surface area contributed by atoms with Gasteiger partial charge in [-0.1, -0.05) is 18.6 Å². The minimum absolute atomic E-state index is 0.0401. The Balaban J connectivity index is 2.25. The van der Waals surface area contributed by atoms with Gasteiger partial charge >= 0.3 is 0 Å². The molecule has 0 amide bonds. The maximum Gasteiger partial charge on any atom is 0.260 e. The molecule has 0 radical (unpaired) electrons. The molecule has 1 N–H and O–H groups in total. The smallest absolute Gasteiger partial charge is 0.260 e. The highest BCUT2D eigenvalue weighted by Crippen LogP contribution is 2.26. The van der Waals surface area contributed by atoms with Gasteiger partial charge in [-0.3, -0.25) is 9.20 Å². The van der Waals surface area contributed by atoms with Gasteiger partial charge in [0, 0.05) is 5.56 Å². The number of pyridine rings is 1. The Morgan fingerprint density at radius 2 is 1.86 bits per heavy atom. The van der Waals surface area contributed by atoms with Gasteiger partial charge in [0.2, 0.25) is 0 Å². The zero-order valence-corrected chi connectivity index (χ0v) is 11.6. The first-order valence-electron chi connectivity index (χ1n) is 7.38. The molecule has 0 saturated heterocycles. The van der Waals surface area contributed by atoms with Gasteiger partial charge in [-0.25, -0.2) is 0 Å². The predicted octanol–water partition coefficient (Wildman–Crippen LogP) is 2.92. The van der Waals surface area contributed by atoms with Crippen LogP contribution in [0.5, 0.6) is 0 Å². The Labute approximate surface area is 121 Å². The maximum atomic E-state index is 12.9. The first-order chi connectivity index (χ1) is 10.3. The Morgan fingerprint density at radius 3 is 2.67 bits per heavy atom. The van der Waals surface area contributed by atoms with Crippen molar-refractivity contribution in [2.24, 2.45) is 0 Å². The molecule has 0 fully saturated rings. The summed E-state index contributed by atoms with van der Waals surface area (Å²) in [5, 5.41) is 9.61. The molecule has 0 unspecified atom stereocenters. The zero-order valence-electron chi connectivity index (χ0n) is 11.6. The molecule has 3 aromatic rings. The molecule has 0 atom stereocenters. The van der Waals surface area contributed by atoms with Crippen LogP contribution in [0, 0.1) is 11.3 Å². The number of nitrogens with zero attached hydrogens (tertiary/aromatic N) is 2. The van der Waals surface area contributed by atoms with Gasteiger partial charge in [0.15, 0.2) is 0 Å². The fraction of sp³-hybridized carbons (Fsp3) is 0.294. The molecule has 21 heavy (non-hydrogen) atoms. The number of para-hydroxylation sites is 2.